The second kappa shape index (κ2) is 7.19. The van der Waals surface area contributed by atoms with Crippen LogP contribution < -0.4 is 10.9 Å². The standard InChI is InChI=1S/C17H22N4O2/c1-11-7-5-6-8-14(11)16(21(3)4)17(23)18-10-13-9-15(22)20-12(2)19-13/h5-9,16H,10H2,1-4H3,(H,18,23)(H,19,20,22). The van der Waals surface area contributed by atoms with Gasteiger partial charge in [-0.05, 0) is 39.1 Å². The molecule has 0 radical (unpaired) electrons. The quantitative estimate of drug-likeness (QED) is 0.872. The Bertz CT molecular complexity index is 752. The molecule has 0 aliphatic heterocycles. The zero-order valence-corrected chi connectivity index (χ0v) is 13.9. The Morgan fingerprint density at radius 1 is 1.30 bits per heavy atom. The van der Waals surface area contributed by atoms with Crippen LogP contribution in [0.1, 0.15) is 28.7 Å². The smallest absolute Gasteiger partial charge is 0.251 e. The molecule has 0 fully saturated rings. The molecule has 0 aliphatic carbocycles. The highest BCUT2D eigenvalue weighted by Crippen LogP contribution is 2.21. The van der Waals surface area contributed by atoms with Crippen LogP contribution in [0, 0.1) is 13.8 Å². The third kappa shape index (κ3) is 4.26. The molecule has 6 heteroatoms. The first-order valence-corrected chi connectivity index (χ1v) is 7.45. The lowest BCUT2D eigenvalue weighted by Crippen LogP contribution is -2.37. The maximum Gasteiger partial charge on any atom is 0.251 e. The van der Waals surface area contributed by atoms with Crippen LogP contribution in [0.15, 0.2) is 35.1 Å². The van der Waals surface area contributed by atoms with Crippen molar-refractivity contribution in [2.24, 2.45) is 0 Å². The lowest BCUT2D eigenvalue weighted by atomic mass is 10.00. The molecule has 23 heavy (non-hydrogen) atoms. The van der Waals surface area contributed by atoms with Gasteiger partial charge in [-0.1, -0.05) is 24.3 Å². The van der Waals surface area contributed by atoms with Crippen molar-refractivity contribution in [3.05, 3.63) is 63.3 Å². The van der Waals surface area contributed by atoms with Crippen molar-refractivity contribution in [2.45, 2.75) is 26.4 Å². The SMILES string of the molecule is Cc1nc(CNC(=O)C(c2ccccc2C)N(C)C)cc(=O)[nH]1. The van der Waals surface area contributed by atoms with Crippen LogP contribution in [0.25, 0.3) is 0 Å². The number of H-pyrrole nitrogens is 1. The summed E-state index contributed by atoms with van der Waals surface area (Å²) in [7, 11) is 3.73. The molecule has 0 saturated carbocycles. The zero-order chi connectivity index (χ0) is 17.0. The van der Waals surface area contributed by atoms with Crippen LogP contribution in [-0.4, -0.2) is 34.9 Å². The first-order valence-electron chi connectivity index (χ1n) is 7.45. The Kier molecular flexibility index (Phi) is 5.28. The van der Waals surface area contributed by atoms with E-state index in [9.17, 15) is 9.59 Å². The van der Waals surface area contributed by atoms with Crippen molar-refractivity contribution in [3.63, 3.8) is 0 Å². The number of carbonyl (C=O) groups excluding carboxylic acids is 1. The van der Waals surface area contributed by atoms with E-state index in [1.54, 1.807) is 6.92 Å². The lowest BCUT2D eigenvalue weighted by Gasteiger charge is -2.25. The predicted molar refractivity (Wildman–Crippen MR) is 89.0 cm³/mol. The van der Waals surface area contributed by atoms with Gasteiger partial charge in [0, 0.05) is 6.07 Å². The van der Waals surface area contributed by atoms with Crippen molar-refractivity contribution >= 4 is 5.91 Å². The van der Waals surface area contributed by atoms with Gasteiger partial charge in [0.15, 0.2) is 0 Å². The molecule has 1 atom stereocenters. The van der Waals surface area contributed by atoms with Gasteiger partial charge in [0.25, 0.3) is 5.56 Å². The largest absolute Gasteiger partial charge is 0.349 e. The number of likely N-dealkylation sites (N-methyl/N-ethyl adjacent to an activating group) is 1. The van der Waals surface area contributed by atoms with E-state index in [0.29, 0.717) is 11.5 Å². The number of nitrogens with one attached hydrogen (secondary N) is 2. The van der Waals surface area contributed by atoms with Gasteiger partial charge < -0.3 is 10.3 Å². The molecule has 122 valence electrons. The van der Waals surface area contributed by atoms with E-state index < -0.39 is 0 Å². The molecule has 6 nitrogen and oxygen atoms in total. The van der Waals surface area contributed by atoms with Gasteiger partial charge in [0.2, 0.25) is 5.91 Å². The van der Waals surface area contributed by atoms with Gasteiger partial charge in [-0.15, -0.1) is 0 Å². The molecule has 0 aliphatic rings. The van der Waals surface area contributed by atoms with Crippen LogP contribution in [0.2, 0.25) is 0 Å². The summed E-state index contributed by atoms with van der Waals surface area (Å²) < 4.78 is 0. The van der Waals surface area contributed by atoms with Crippen molar-refractivity contribution in [2.75, 3.05) is 14.1 Å². The minimum atomic E-state index is -0.390. The van der Waals surface area contributed by atoms with Crippen molar-refractivity contribution in [1.29, 1.82) is 0 Å². The average molecular weight is 314 g/mol. The van der Waals surface area contributed by atoms with Crippen molar-refractivity contribution in [3.8, 4) is 0 Å². The highest BCUT2D eigenvalue weighted by molar-refractivity contribution is 5.83. The normalized spacial score (nSPS) is 12.2. The summed E-state index contributed by atoms with van der Waals surface area (Å²) in [4.78, 5) is 32.7. The molecule has 1 heterocycles. The van der Waals surface area contributed by atoms with Gasteiger partial charge in [-0.25, -0.2) is 4.98 Å². The van der Waals surface area contributed by atoms with Crippen LogP contribution in [0.5, 0.6) is 0 Å². The number of benzene rings is 1. The molecule has 1 unspecified atom stereocenters. The monoisotopic (exact) mass is 314 g/mol. The van der Waals surface area contributed by atoms with Gasteiger partial charge in [0.1, 0.15) is 11.9 Å². The van der Waals surface area contributed by atoms with Crippen LogP contribution >= 0.6 is 0 Å². The Morgan fingerprint density at radius 2 is 2.00 bits per heavy atom. The van der Waals surface area contributed by atoms with E-state index in [1.165, 1.54) is 6.07 Å². The molecular formula is C17H22N4O2. The van der Waals surface area contributed by atoms with Crippen LogP contribution in [0.4, 0.5) is 0 Å². The Hall–Kier alpha value is -2.47. The van der Waals surface area contributed by atoms with E-state index in [1.807, 2.05) is 50.2 Å². The fraction of sp³-hybridized carbons (Fsp3) is 0.353. The Labute approximate surface area is 135 Å². The summed E-state index contributed by atoms with van der Waals surface area (Å²) in [6, 6.07) is 8.82. The molecule has 0 spiro atoms. The molecule has 2 N–H and O–H groups in total. The summed E-state index contributed by atoms with van der Waals surface area (Å²) in [5.74, 6) is 0.411. The summed E-state index contributed by atoms with van der Waals surface area (Å²) >= 11 is 0. The second-order valence-corrected chi connectivity index (χ2v) is 5.76. The summed E-state index contributed by atoms with van der Waals surface area (Å²) in [5.41, 5.74) is 2.35. The van der Waals surface area contributed by atoms with Crippen molar-refractivity contribution in [1.82, 2.24) is 20.2 Å². The van der Waals surface area contributed by atoms with E-state index in [0.717, 1.165) is 11.1 Å². The van der Waals surface area contributed by atoms with Gasteiger partial charge in [-0.2, -0.15) is 0 Å². The number of nitrogens with zero attached hydrogens (tertiary/aromatic N) is 2. The minimum Gasteiger partial charge on any atom is -0.349 e. The predicted octanol–water partition coefficient (Wildman–Crippen LogP) is 1.31. The van der Waals surface area contributed by atoms with Crippen LogP contribution in [-0.2, 0) is 11.3 Å². The summed E-state index contributed by atoms with van der Waals surface area (Å²) in [6.07, 6.45) is 0. The maximum absolute atomic E-state index is 12.6. The minimum absolute atomic E-state index is 0.121. The van der Waals surface area contributed by atoms with Crippen LogP contribution in [0.3, 0.4) is 0 Å². The topological polar surface area (TPSA) is 78.1 Å². The van der Waals surface area contributed by atoms with E-state index in [4.69, 9.17) is 0 Å². The summed E-state index contributed by atoms with van der Waals surface area (Å²) in [6.45, 7) is 3.92. The molecule has 0 saturated heterocycles. The number of carbonyl (C=O) groups is 1. The van der Waals surface area contributed by atoms with Gasteiger partial charge >= 0.3 is 0 Å². The van der Waals surface area contributed by atoms with E-state index in [2.05, 4.69) is 15.3 Å². The molecule has 1 aromatic heterocycles. The zero-order valence-electron chi connectivity index (χ0n) is 13.9. The fourth-order valence-corrected chi connectivity index (χ4v) is 2.55. The molecule has 0 bridgehead atoms. The number of aromatic amines is 1. The van der Waals surface area contributed by atoms with Gasteiger partial charge in [-0.3, -0.25) is 14.5 Å². The Morgan fingerprint density at radius 3 is 2.61 bits per heavy atom. The third-order valence-electron chi connectivity index (χ3n) is 3.60. The highest BCUT2D eigenvalue weighted by Gasteiger charge is 2.24. The third-order valence-corrected chi connectivity index (χ3v) is 3.60. The van der Waals surface area contributed by atoms with Crippen molar-refractivity contribution < 1.29 is 4.79 Å². The maximum atomic E-state index is 12.6. The first-order chi connectivity index (χ1) is 10.9. The Balaban J connectivity index is 2.16. The number of aryl methyl sites for hydroxylation is 2. The number of hydrogen-bond acceptors (Lipinski definition) is 4. The second-order valence-electron chi connectivity index (χ2n) is 5.76. The molecule has 1 amide bonds. The average Bonchev–Trinajstić information content (AvgIpc) is 2.46. The lowest BCUT2D eigenvalue weighted by molar-refractivity contribution is -0.126. The molecular weight excluding hydrogens is 292 g/mol. The molecule has 1 aromatic carbocycles. The van der Waals surface area contributed by atoms with Gasteiger partial charge in [0.05, 0.1) is 12.2 Å². The number of hydrogen-bond donors (Lipinski definition) is 2. The molecule has 2 rings (SSSR count). The number of amides is 1. The molecule has 2 aromatic rings. The fourth-order valence-electron chi connectivity index (χ4n) is 2.55. The first kappa shape index (κ1) is 16.9. The van der Waals surface area contributed by atoms with E-state index >= 15 is 0 Å². The number of rotatable bonds is 5. The summed E-state index contributed by atoms with van der Waals surface area (Å²) in [5, 5.41) is 2.86. The van der Waals surface area contributed by atoms with E-state index in [-0.39, 0.29) is 24.1 Å². The highest BCUT2D eigenvalue weighted by atomic mass is 16.2. The number of aromatic nitrogens is 2.